The summed E-state index contributed by atoms with van der Waals surface area (Å²) in [6.07, 6.45) is 1.08. The molecule has 2 aromatic carbocycles. The lowest BCUT2D eigenvalue weighted by Gasteiger charge is -2.07. The lowest BCUT2D eigenvalue weighted by Crippen LogP contribution is -2.22. The number of furan rings is 1. The summed E-state index contributed by atoms with van der Waals surface area (Å²) in [5.41, 5.74) is 1.18. The molecule has 0 spiro atoms. The van der Waals surface area contributed by atoms with E-state index in [2.05, 4.69) is 26.0 Å². The summed E-state index contributed by atoms with van der Waals surface area (Å²) in [6.45, 7) is 0.428. The lowest BCUT2D eigenvalue weighted by atomic mass is 10.2. The number of sulfonamides is 1. The van der Waals surface area contributed by atoms with Crippen LogP contribution in [0.2, 0.25) is 0 Å². The molecule has 152 valence electrons. The van der Waals surface area contributed by atoms with Crippen LogP contribution < -0.4 is 14.8 Å². The summed E-state index contributed by atoms with van der Waals surface area (Å²) in [6, 6.07) is 17.4. The van der Waals surface area contributed by atoms with Crippen LogP contribution in [0, 0.1) is 0 Å². The minimum atomic E-state index is -3.36. The first-order chi connectivity index (χ1) is 13.8. The van der Waals surface area contributed by atoms with Crippen LogP contribution in [-0.2, 0) is 23.2 Å². The summed E-state index contributed by atoms with van der Waals surface area (Å²) in [5.74, 6) is 1.02. The van der Waals surface area contributed by atoms with Crippen LogP contribution in [0.1, 0.15) is 21.9 Å². The van der Waals surface area contributed by atoms with E-state index in [1.165, 1.54) is 0 Å². The fraction of sp³-hybridized carbons (Fsp3) is 0.150. The number of nitrogens with one attached hydrogen (secondary N) is 2. The van der Waals surface area contributed by atoms with Crippen molar-refractivity contribution in [3.8, 4) is 5.75 Å². The van der Waals surface area contributed by atoms with Crippen molar-refractivity contribution >= 4 is 37.5 Å². The van der Waals surface area contributed by atoms with Crippen LogP contribution in [0.4, 0.5) is 5.69 Å². The Morgan fingerprint density at radius 1 is 1.10 bits per heavy atom. The van der Waals surface area contributed by atoms with Crippen molar-refractivity contribution in [2.45, 2.75) is 13.2 Å². The van der Waals surface area contributed by atoms with Crippen molar-refractivity contribution in [3.05, 3.63) is 82.2 Å². The molecule has 1 aromatic heterocycles. The molecule has 1 heterocycles. The third-order valence-electron chi connectivity index (χ3n) is 3.76. The van der Waals surface area contributed by atoms with E-state index in [0.717, 1.165) is 16.3 Å². The molecule has 29 heavy (non-hydrogen) atoms. The average Bonchev–Trinajstić information content (AvgIpc) is 3.14. The van der Waals surface area contributed by atoms with Crippen molar-refractivity contribution in [1.82, 2.24) is 5.32 Å². The number of hydrogen-bond acceptors (Lipinski definition) is 5. The van der Waals surface area contributed by atoms with Crippen LogP contribution in [0.5, 0.6) is 5.75 Å². The van der Waals surface area contributed by atoms with E-state index in [-0.39, 0.29) is 24.8 Å². The van der Waals surface area contributed by atoms with Gasteiger partial charge in [0.1, 0.15) is 18.1 Å². The fourth-order valence-corrected chi connectivity index (χ4v) is 3.31. The zero-order chi connectivity index (χ0) is 20.9. The summed E-state index contributed by atoms with van der Waals surface area (Å²) in [7, 11) is -3.36. The van der Waals surface area contributed by atoms with Gasteiger partial charge in [-0.1, -0.05) is 28.1 Å². The van der Waals surface area contributed by atoms with Gasteiger partial charge in [-0.2, -0.15) is 0 Å². The van der Waals surface area contributed by atoms with Crippen molar-refractivity contribution < 1.29 is 22.4 Å². The number of carbonyl (C=O) groups excluding carboxylic acids is 1. The van der Waals surface area contributed by atoms with E-state index in [1.54, 1.807) is 36.4 Å². The molecule has 0 aliphatic rings. The summed E-state index contributed by atoms with van der Waals surface area (Å²) < 4.78 is 37.1. The van der Waals surface area contributed by atoms with E-state index in [0.29, 0.717) is 17.2 Å². The van der Waals surface area contributed by atoms with Gasteiger partial charge >= 0.3 is 0 Å². The highest BCUT2D eigenvalue weighted by atomic mass is 79.9. The molecule has 0 unspecified atom stereocenters. The molecule has 0 saturated carbocycles. The lowest BCUT2D eigenvalue weighted by molar-refractivity contribution is 0.0919. The maximum Gasteiger partial charge on any atom is 0.287 e. The molecule has 3 aromatic rings. The second-order valence-electron chi connectivity index (χ2n) is 6.27. The maximum absolute atomic E-state index is 12.3. The first kappa shape index (κ1) is 20.9. The van der Waals surface area contributed by atoms with Gasteiger partial charge in [-0.05, 0) is 54.1 Å². The quantitative estimate of drug-likeness (QED) is 0.511. The normalized spacial score (nSPS) is 11.1. The number of benzene rings is 2. The first-order valence-electron chi connectivity index (χ1n) is 8.60. The second-order valence-corrected chi connectivity index (χ2v) is 8.93. The summed E-state index contributed by atoms with van der Waals surface area (Å²) in [4.78, 5) is 12.3. The Kier molecular flexibility index (Phi) is 6.60. The number of carbonyl (C=O) groups is 1. The van der Waals surface area contributed by atoms with Crippen LogP contribution in [-0.4, -0.2) is 20.6 Å². The van der Waals surface area contributed by atoms with Gasteiger partial charge < -0.3 is 14.5 Å². The molecule has 0 atom stereocenters. The Hall–Kier alpha value is -2.78. The SMILES string of the molecule is CS(=O)(=O)Nc1cccc(CNC(=O)c2ccc(COc3ccc(Br)cc3)o2)c1. The van der Waals surface area contributed by atoms with E-state index in [4.69, 9.17) is 9.15 Å². The van der Waals surface area contributed by atoms with Gasteiger partial charge in [-0.3, -0.25) is 9.52 Å². The van der Waals surface area contributed by atoms with Gasteiger partial charge in [0, 0.05) is 16.7 Å². The summed E-state index contributed by atoms with van der Waals surface area (Å²) in [5, 5.41) is 2.74. The largest absolute Gasteiger partial charge is 0.486 e. The predicted molar refractivity (Wildman–Crippen MR) is 113 cm³/mol. The Labute approximate surface area is 177 Å². The van der Waals surface area contributed by atoms with E-state index >= 15 is 0 Å². The molecule has 3 rings (SSSR count). The smallest absolute Gasteiger partial charge is 0.287 e. The Morgan fingerprint density at radius 2 is 1.86 bits per heavy atom. The van der Waals surface area contributed by atoms with Gasteiger partial charge in [0.05, 0.1) is 6.26 Å². The molecule has 0 aliphatic heterocycles. The minimum Gasteiger partial charge on any atom is -0.486 e. The molecular weight excluding hydrogens is 460 g/mol. The average molecular weight is 479 g/mol. The molecule has 1 amide bonds. The van der Waals surface area contributed by atoms with Crippen molar-refractivity contribution in [2.75, 3.05) is 11.0 Å². The number of anilines is 1. The zero-order valence-corrected chi connectivity index (χ0v) is 17.9. The number of amides is 1. The highest BCUT2D eigenvalue weighted by molar-refractivity contribution is 9.10. The molecule has 0 aliphatic carbocycles. The van der Waals surface area contributed by atoms with Crippen molar-refractivity contribution in [3.63, 3.8) is 0 Å². The van der Waals surface area contributed by atoms with E-state index in [1.807, 2.05) is 24.3 Å². The molecule has 0 radical (unpaired) electrons. The minimum absolute atomic E-state index is 0.171. The summed E-state index contributed by atoms with van der Waals surface area (Å²) >= 11 is 3.36. The van der Waals surface area contributed by atoms with Crippen molar-refractivity contribution in [2.24, 2.45) is 0 Å². The number of ether oxygens (including phenoxy) is 1. The zero-order valence-electron chi connectivity index (χ0n) is 15.5. The van der Waals surface area contributed by atoms with Gasteiger partial charge in [-0.15, -0.1) is 0 Å². The molecule has 0 bridgehead atoms. The molecule has 7 nitrogen and oxygen atoms in total. The topological polar surface area (TPSA) is 97.6 Å². The monoisotopic (exact) mass is 478 g/mol. The molecule has 9 heteroatoms. The number of hydrogen-bond donors (Lipinski definition) is 2. The van der Waals surface area contributed by atoms with Gasteiger partial charge in [0.2, 0.25) is 10.0 Å². The first-order valence-corrected chi connectivity index (χ1v) is 11.3. The molecule has 2 N–H and O–H groups in total. The Balaban J connectivity index is 1.54. The third kappa shape index (κ3) is 6.65. The Bertz CT molecular complexity index is 1090. The molecule has 0 saturated heterocycles. The Morgan fingerprint density at radius 3 is 2.59 bits per heavy atom. The number of rotatable bonds is 8. The highest BCUT2D eigenvalue weighted by Crippen LogP contribution is 2.18. The third-order valence-corrected chi connectivity index (χ3v) is 4.90. The maximum atomic E-state index is 12.3. The van der Waals surface area contributed by atoms with E-state index < -0.39 is 10.0 Å². The van der Waals surface area contributed by atoms with Gasteiger partial charge in [-0.25, -0.2) is 8.42 Å². The van der Waals surface area contributed by atoms with Crippen LogP contribution in [0.3, 0.4) is 0 Å². The second kappa shape index (κ2) is 9.15. The van der Waals surface area contributed by atoms with Gasteiger partial charge in [0.15, 0.2) is 5.76 Å². The van der Waals surface area contributed by atoms with E-state index in [9.17, 15) is 13.2 Å². The number of halogens is 1. The fourth-order valence-electron chi connectivity index (χ4n) is 2.49. The highest BCUT2D eigenvalue weighted by Gasteiger charge is 2.12. The van der Waals surface area contributed by atoms with Crippen LogP contribution in [0.15, 0.2) is 69.6 Å². The standard InChI is InChI=1S/C20H19BrN2O5S/c1-29(25,26)23-16-4-2-3-14(11-16)12-22-20(24)19-10-9-18(28-19)13-27-17-7-5-15(21)6-8-17/h2-11,23H,12-13H2,1H3,(H,22,24). The molecular formula is C20H19BrN2O5S. The molecule has 0 fully saturated rings. The van der Waals surface area contributed by atoms with Gasteiger partial charge in [0.25, 0.3) is 5.91 Å². The predicted octanol–water partition coefficient (Wildman–Crippen LogP) is 3.92. The van der Waals surface area contributed by atoms with Crippen LogP contribution >= 0.6 is 15.9 Å². The van der Waals surface area contributed by atoms with Crippen LogP contribution in [0.25, 0.3) is 0 Å². The van der Waals surface area contributed by atoms with Crippen molar-refractivity contribution in [1.29, 1.82) is 0 Å².